The summed E-state index contributed by atoms with van der Waals surface area (Å²) in [6.07, 6.45) is 0.935. The molecular formula is C17H16ClF2NO2. The molecule has 1 amide bonds. The molecule has 0 aliphatic heterocycles. The zero-order chi connectivity index (χ0) is 16.8. The van der Waals surface area contributed by atoms with Gasteiger partial charge in [0.1, 0.15) is 5.75 Å². The Kier molecular flexibility index (Phi) is 5.93. The van der Waals surface area contributed by atoms with Crippen molar-refractivity contribution in [1.29, 1.82) is 0 Å². The average molecular weight is 340 g/mol. The predicted molar refractivity (Wildman–Crippen MR) is 86.2 cm³/mol. The molecule has 0 aromatic heterocycles. The standard InChI is InChI=1S/C17H16ClF2NO2/c1-11-3-2-4-12(9-11)5-8-16(22)21-13-6-7-15(14(18)10-13)23-17(19)20/h2-4,6-7,9-10,17H,5,8H2,1H3,(H,21,22). The van der Waals surface area contributed by atoms with Crippen LogP contribution in [-0.2, 0) is 11.2 Å². The van der Waals surface area contributed by atoms with E-state index < -0.39 is 6.61 Å². The van der Waals surface area contributed by atoms with E-state index in [1.807, 2.05) is 31.2 Å². The fourth-order valence-electron chi connectivity index (χ4n) is 2.12. The number of carbonyl (C=O) groups excluding carboxylic acids is 1. The second-order valence-corrected chi connectivity index (χ2v) is 5.47. The van der Waals surface area contributed by atoms with E-state index in [2.05, 4.69) is 10.1 Å². The van der Waals surface area contributed by atoms with E-state index in [1.165, 1.54) is 18.2 Å². The van der Waals surface area contributed by atoms with E-state index in [0.29, 0.717) is 18.5 Å². The number of anilines is 1. The minimum absolute atomic E-state index is 0.0155. The maximum absolute atomic E-state index is 12.2. The lowest BCUT2D eigenvalue weighted by Gasteiger charge is -2.10. The van der Waals surface area contributed by atoms with Gasteiger partial charge in [-0.25, -0.2) is 0 Å². The van der Waals surface area contributed by atoms with Crippen molar-refractivity contribution in [2.24, 2.45) is 0 Å². The first-order chi connectivity index (χ1) is 10.9. The van der Waals surface area contributed by atoms with Gasteiger partial charge in [-0.2, -0.15) is 8.78 Å². The van der Waals surface area contributed by atoms with Crippen molar-refractivity contribution >= 4 is 23.2 Å². The van der Waals surface area contributed by atoms with Crippen molar-refractivity contribution in [3.8, 4) is 5.75 Å². The van der Waals surface area contributed by atoms with Crippen molar-refractivity contribution in [2.75, 3.05) is 5.32 Å². The number of aryl methyl sites for hydroxylation is 2. The topological polar surface area (TPSA) is 38.3 Å². The molecule has 2 rings (SSSR count). The first kappa shape index (κ1) is 17.2. The van der Waals surface area contributed by atoms with Crippen LogP contribution in [0.1, 0.15) is 17.5 Å². The van der Waals surface area contributed by atoms with Crippen LogP contribution in [0, 0.1) is 6.92 Å². The molecule has 23 heavy (non-hydrogen) atoms. The Morgan fingerprint density at radius 3 is 2.70 bits per heavy atom. The maximum atomic E-state index is 12.2. The number of hydrogen-bond donors (Lipinski definition) is 1. The first-order valence-corrected chi connectivity index (χ1v) is 7.41. The number of carbonyl (C=O) groups is 1. The van der Waals surface area contributed by atoms with Gasteiger partial charge in [0.05, 0.1) is 5.02 Å². The molecule has 122 valence electrons. The highest BCUT2D eigenvalue weighted by Gasteiger charge is 2.10. The molecule has 0 aliphatic rings. The van der Waals surface area contributed by atoms with Crippen molar-refractivity contribution in [3.05, 3.63) is 58.6 Å². The highest BCUT2D eigenvalue weighted by atomic mass is 35.5. The van der Waals surface area contributed by atoms with Crippen LogP contribution in [0.25, 0.3) is 0 Å². The van der Waals surface area contributed by atoms with E-state index in [0.717, 1.165) is 11.1 Å². The lowest BCUT2D eigenvalue weighted by molar-refractivity contribution is -0.116. The molecule has 2 aromatic rings. The highest BCUT2D eigenvalue weighted by molar-refractivity contribution is 6.32. The van der Waals surface area contributed by atoms with Crippen LogP contribution in [-0.4, -0.2) is 12.5 Å². The lowest BCUT2D eigenvalue weighted by Crippen LogP contribution is -2.12. The predicted octanol–water partition coefficient (Wildman–Crippen LogP) is 4.82. The van der Waals surface area contributed by atoms with Gasteiger partial charge in [-0.1, -0.05) is 41.4 Å². The highest BCUT2D eigenvalue weighted by Crippen LogP contribution is 2.29. The molecule has 0 heterocycles. The summed E-state index contributed by atoms with van der Waals surface area (Å²) < 4.78 is 28.5. The maximum Gasteiger partial charge on any atom is 0.387 e. The quantitative estimate of drug-likeness (QED) is 0.819. The molecule has 3 nitrogen and oxygen atoms in total. The summed E-state index contributed by atoms with van der Waals surface area (Å²) in [7, 11) is 0. The number of benzene rings is 2. The Balaban J connectivity index is 1.91. The van der Waals surface area contributed by atoms with E-state index in [-0.39, 0.29) is 16.7 Å². The number of alkyl halides is 2. The number of amides is 1. The Labute approximate surface area is 138 Å². The molecule has 0 radical (unpaired) electrons. The summed E-state index contributed by atoms with van der Waals surface area (Å²) in [6, 6.07) is 12.1. The zero-order valence-corrected chi connectivity index (χ0v) is 13.2. The van der Waals surface area contributed by atoms with Gasteiger partial charge in [0, 0.05) is 12.1 Å². The summed E-state index contributed by atoms with van der Waals surface area (Å²) >= 11 is 5.84. The summed E-state index contributed by atoms with van der Waals surface area (Å²) in [4.78, 5) is 11.9. The van der Waals surface area contributed by atoms with E-state index in [1.54, 1.807) is 0 Å². The van der Waals surface area contributed by atoms with Crippen LogP contribution in [0.15, 0.2) is 42.5 Å². The summed E-state index contributed by atoms with van der Waals surface area (Å²) in [5, 5.41) is 2.70. The van der Waals surface area contributed by atoms with Crippen LogP contribution in [0.2, 0.25) is 5.02 Å². The zero-order valence-electron chi connectivity index (χ0n) is 12.5. The van der Waals surface area contributed by atoms with Crippen LogP contribution < -0.4 is 10.1 Å². The first-order valence-electron chi connectivity index (χ1n) is 7.04. The Hall–Kier alpha value is -2.14. The fourth-order valence-corrected chi connectivity index (χ4v) is 2.34. The third kappa shape index (κ3) is 5.53. The Morgan fingerprint density at radius 1 is 1.26 bits per heavy atom. The van der Waals surface area contributed by atoms with Crippen LogP contribution in [0.4, 0.5) is 14.5 Å². The molecule has 0 atom stereocenters. The molecule has 0 bridgehead atoms. The van der Waals surface area contributed by atoms with Crippen molar-refractivity contribution in [3.63, 3.8) is 0 Å². The van der Waals surface area contributed by atoms with Crippen LogP contribution in [0.5, 0.6) is 5.75 Å². The minimum atomic E-state index is -2.94. The van der Waals surface area contributed by atoms with Gasteiger partial charge >= 0.3 is 6.61 Å². The number of nitrogens with one attached hydrogen (secondary N) is 1. The van der Waals surface area contributed by atoms with Crippen molar-refractivity contribution in [1.82, 2.24) is 0 Å². The minimum Gasteiger partial charge on any atom is -0.433 e. The number of halogens is 3. The largest absolute Gasteiger partial charge is 0.433 e. The van der Waals surface area contributed by atoms with Gasteiger partial charge in [0.15, 0.2) is 0 Å². The second-order valence-electron chi connectivity index (χ2n) is 5.06. The number of rotatable bonds is 6. The summed E-state index contributed by atoms with van der Waals surface area (Å²) in [5.41, 5.74) is 2.66. The second kappa shape index (κ2) is 7.92. The van der Waals surface area contributed by atoms with Gasteiger partial charge in [-0.15, -0.1) is 0 Å². The Bertz CT molecular complexity index is 692. The van der Waals surface area contributed by atoms with E-state index in [9.17, 15) is 13.6 Å². The average Bonchev–Trinajstić information content (AvgIpc) is 2.48. The summed E-state index contributed by atoms with van der Waals surface area (Å²) in [5.74, 6) is -0.301. The molecule has 0 aliphatic carbocycles. The SMILES string of the molecule is Cc1cccc(CCC(=O)Nc2ccc(OC(F)F)c(Cl)c2)c1. The molecule has 1 N–H and O–H groups in total. The lowest BCUT2D eigenvalue weighted by atomic mass is 10.1. The summed E-state index contributed by atoms with van der Waals surface area (Å²) in [6.45, 7) is -0.948. The van der Waals surface area contributed by atoms with Crippen LogP contribution >= 0.6 is 11.6 Å². The van der Waals surface area contributed by atoms with Crippen molar-refractivity contribution in [2.45, 2.75) is 26.4 Å². The fraction of sp³-hybridized carbons (Fsp3) is 0.235. The molecule has 0 saturated carbocycles. The third-order valence-electron chi connectivity index (χ3n) is 3.15. The molecule has 2 aromatic carbocycles. The number of hydrogen-bond acceptors (Lipinski definition) is 2. The monoisotopic (exact) mass is 339 g/mol. The molecule has 0 spiro atoms. The third-order valence-corrected chi connectivity index (χ3v) is 3.45. The van der Waals surface area contributed by atoms with Gasteiger partial charge < -0.3 is 10.1 Å². The van der Waals surface area contributed by atoms with Gasteiger partial charge in [-0.05, 0) is 37.1 Å². The van der Waals surface area contributed by atoms with E-state index >= 15 is 0 Å². The molecule has 0 fully saturated rings. The Morgan fingerprint density at radius 2 is 2.04 bits per heavy atom. The molecule has 0 unspecified atom stereocenters. The molecular weight excluding hydrogens is 324 g/mol. The number of ether oxygens (including phenoxy) is 1. The molecule has 0 saturated heterocycles. The van der Waals surface area contributed by atoms with Crippen LogP contribution in [0.3, 0.4) is 0 Å². The molecule has 6 heteroatoms. The van der Waals surface area contributed by atoms with E-state index in [4.69, 9.17) is 11.6 Å². The normalized spacial score (nSPS) is 10.7. The smallest absolute Gasteiger partial charge is 0.387 e. The van der Waals surface area contributed by atoms with Gasteiger partial charge in [0.2, 0.25) is 5.91 Å². The van der Waals surface area contributed by atoms with Gasteiger partial charge in [0.25, 0.3) is 0 Å². The van der Waals surface area contributed by atoms with Crippen molar-refractivity contribution < 1.29 is 18.3 Å². The van der Waals surface area contributed by atoms with Gasteiger partial charge in [-0.3, -0.25) is 4.79 Å².